The molecule has 0 fully saturated rings. The van der Waals surface area contributed by atoms with Crippen molar-refractivity contribution in [3.63, 3.8) is 0 Å². The maximum absolute atomic E-state index is 10.5. The van der Waals surface area contributed by atoms with Gasteiger partial charge >= 0.3 is 0 Å². The highest BCUT2D eigenvalue weighted by molar-refractivity contribution is 7.85. The summed E-state index contributed by atoms with van der Waals surface area (Å²) in [4.78, 5) is 0. The summed E-state index contributed by atoms with van der Waals surface area (Å²) in [6.45, 7) is 0. The fourth-order valence-electron chi connectivity index (χ4n) is 0.439. The highest BCUT2D eigenvalue weighted by Crippen LogP contribution is 2.31. The first kappa shape index (κ1) is 9.41. The van der Waals surface area contributed by atoms with E-state index in [9.17, 15) is 8.76 Å². The van der Waals surface area contributed by atoms with Crippen molar-refractivity contribution in [1.29, 1.82) is 0 Å². The predicted molar refractivity (Wildman–Crippen MR) is 44.1 cm³/mol. The van der Waals surface area contributed by atoms with E-state index in [1.54, 1.807) is 0 Å². The summed E-state index contributed by atoms with van der Waals surface area (Å²) in [5.41, 5.74) is 0. The molecule has 11 heavy (non-hydrogen) atoms. The van der Waals surface area contributed by atoms with E-state index in [2.05, 4.69) is 10.2 Å². The van der Waals surface area contributed by atoms with Gasteiger partial charge in [-0.2, -0.15) is 0 Å². The van der Waals surface area contributed by atoms with Crippen LogP contribution in [0, 0.1) is 0 Å². The van der Waals surface area contributed by atoms with Gasteiger partial charge in [0, 0.05) is 0 Å². The first-order valence-electron chi connectivity index (χ1n) is 2.25. The van der Waals surface area contributed by atoms with Crippen molar-refractivity contribution in [2.45, 2.75) is 4.21 Å². The second kappa shape index (κ2) is 2.99. The van der Waals surface area contributed by atoms with Gasteiger partial charge in [-0.1, -0.05) is 34.8 Å². The Kier molecular flexibility index (Phi) is 2.56. The van der Waals surface area contributed by atoms with Gasteiger partial charge in [0.05, 0.1) is 0 Å². The quantitative estimate of drug-likeness (QED) is 0.502. The Morgan fingerprint density at radius 1 is 1.36 bits per heavy atom. The van der Waals surface area contributed by atoms with Gasteiger partial charge in [-0.05, 0) is 11.1 Å². The number of hydrogen-bond acceptors (Lipinski definition) is 4. The first-order chi connectivity index (χ1) is 4.99. The zero-order chi connectivity index (χ0) is 8.65. The maximum Gasteiger partial charge on any atom is 0.214 e. The lowest BCUT2D eigenvalue weighted by Gasteiger charge is -2.21. The Balaban J connectivity index is 3.12. The van der Waals surface area contributed by atoms with Gasteiger partial charge in [0.2, 0.25) is 4.21 Å². The molecular weight excluding hydrogens is 234 g/mol. The largest absolute Gasteiger partial charge is 0.770 e. The van der Waals surface area contributed by atoms with Crippen LogP contribution in [0.25, 0.3) is 0 Å². The number of hydrogen-bond donors (Lipinski definition) is 0. The predicted octanol–water partition coefficient (Wildman–Crippen LogP) is 1.00. The fraction of sp³-hybridized carbons (Fsp3) is 0.333. The van der Waals surface area contributed by atoms with E-state index in [4.69, 9.17) is 34.8 Å². The fourth-order valence-corrected chi connectivity index (χ4v) is 1.55. The molecule has 1 heterocycles. The minimum Gasteiger partial charge on any atom is -0.770 e. The molecule has 0 aromatic heterocycles. The molecule has 0 aromatic carbocycles. The van der Waals surface area contributed by atoms with Gasteiger partial charge in [-0.15, -0.1) is 10.2 Å². The molecule has 0 aliphatic carbocycles. The highest BCUT2D eigenvalue weighted by atomic mass is 35.5. The van der Waals surface area contributed by atoms with E-state index in [1.165, 1.54) is 0 Å². The minimum absolute atomic E-state index is 0.363. The van der Waals surface area contributed by atoms with Gasteiger partial charge in [0.1, 0.15) is 0 Å². The SMILES string of the molecule is O=S([O-])C1(Cl)C(Cl)=NN=C1Cl. The molecule has 0 N–H and O–H groups in total. The van der Waals surface area contributed by atoms with Crippen LogP contribution < -0.4 is 0 Å². The van der Waals surface area contributed by atoms with Crippen LogP contribution in [0.3, 0.4) is 0 Å². The van der Waals surface area contributed by atoms with Crippen molar-refractivity contribution in [2.24, 2.45) is 10.2 Å². The topological polar surface area (TPSA) is 64.8 Å². The second-order valence-electron chi connectivity index (χ2n) is 1.61. The first-order valence-corrected chi connectivity index (χ1v) is 4.46. The minimum atomic E-state index is -2.68. The highest BCUT2D eigenvalue weighted by Gasteiger charge is 2.43. The summed E-state index contributed by atoms with van der Waals surface area (Å²) >= 11 is 13.5. The van der Waals surface area contributed by atoms with Gasteiger partial charge in [-0.3, -0.25) is 4.21 Å². The van der Waals surface area contributed by atoms with Gasteiger partial charge in [-0.25, -0.2) is 0 Å². The van der Waals surface area contributed by atoms with E-state index >= 15 is 0 Å². The number of alkyl halides is 1. The number of nitrogens with zero attached hydrogens (tertiary/aromatic N) is 2. The van der Waals surface area contributed by atoms with Crippen molar-refractivity contribution in [1.82, 2.24) is 0 Å². The van der Waals surface area contributed by atoms with Crippen molar-refractivity contribution < 1.29 is 8.76 Å². The molecule has 8 heteroatoms. The lowest BCUT2D eigenvalue weighted by Crippen LogP contribution is -2.37. The summed E-state index contributed by atoms with van der Waals surface area (Å²) in [5.74, 6) is 0. The standard InChI is InChI=1S/C3HCl3N2O2S/c4-1-3(6,11(9)10)2(5)8-7-1/h(H,9,10)/p-1. The molecule has 0 bridgehead atoms. The number of rotatable bonds is 1. The molecule has 0 saturated heterocycles. The van der Waals surface area contributed by atoms with Crippen molar-refractivity contribution >= 4 is 56.2 Å². The molecule has 0 amide bonds. The van der Waals surface area contributed by atoms with E-state index in [-0.39, 0.29) is 10.3 Å². The molecule has 1 rings (SSSR count). The van der Waals surface area contributed by atoms with Gasteiger partial charge < -0.3 is 4.55 Å². The Hall–Kier alpha value is 0.320. The summed E-state index contributed by atoms with van der Waals surface area (Å²) in [6.07, 6.45) is 0. The van der Waals surface area contributed by atoms with Crippen molar-refractivity contribution in [2.75, 3.05) is 0 Å². The molecule has 1 unspecified atom stereocenters. The smallest absolute Gasteiger partial charge is 0.214 e. The molecule has 4 nitrogen and oxygen atoms in total. The van der Waals surface area contributed by atoms with Gasteiger partial charge in [0.25, 0.3) is 0 Å². The van der Waals surface area contributed by atoms with Crippen LogP contribution in [0.2, 0.25) is 0 Å². The molecule has 0 saturated carbocycles. The lowest BCUT2D eigenvalue weighted by atomic mass is 10.5. The van der Waals surface area contributed by atoms with Crippen LogP contribution in [0.5, 0.6) is 0 Å². The van der Waals surface area contributed by atoms with Gasteiger partial charge in [0.15, 0.2) is 10.3 Å². The molecule has 0 aromatic rings. The summed E-state index contributed by atoms with van der Waals surface area (Å²) in [5, 5.41) is 5.68. The van der Waals surface area contributed by atoms with Crippen molar-refractivity contribution in [3.8, 4) is 0 Å². The lowest BCUT2D eigenvalue weighted by molar-refractivity contribution is 0.536. The molecule has 1 aliphatic heterocycles. The summed E-state index contributed by atoms with van der Waals surface area (Å²) in [6, 6.07) is 0. The normalized spacial score (nSPS) is 24.4. The van der Waals surface area contributed by atoms with Crippen LogP contribution in [-0.2, 0) is 11.1 Å². The monoisotopic (exact) mass is 233 g/mol. The number of halogens is 3. The zero-order valence-electron chi connectivity index (χ0n) is 4.75. The molecular formula is C3Cl3N2O2S-. The average molecular weight is 234 g/mol. The Morgan fingerprint density at radius 3 is 1.91 bits per heavy atom. The maximum atomic E-state index is 10.5. The zero-order valence-corrected chi connectivity index (χ0v) is 7.84. The second-order valence-corrected chi connectivity index (χ2v) is 4.20. The Labute approximate surface area is 79.5 Å². The third-order valence-corrected chi connectivity index (χ3v) is 3.70. The molecule has 0 spiro atoms. The Morgan fingerprint density at radius 2 is 1.73 bits per heavy atom. The molecule has 0 radical (unpaired) electrons. The Bertz CT molecular complexity index is 258. The van der Waals surface area contributed by atoms with Crippen LogP contribution in [0.4, 0.5) is 0 Å². The van der Waals surface area contributed by atoms with E-state index in [1.807, 2.05) is 0 Å². The third kappa shape index (κ3) is 1.31. The van der Waals surface area contributed by atoms with Crippen LogP contribution in [0.15, 0.2) is 10.2 Å². The van der Waals surface area contributed by atoms with E-state index in [0.717, 1.165) is 0 Å². The third-order valence-electron chi connectivity index (χ3n) is 0.986. The van der Waals surface area contributed by atoms with E-state index < -0.39 is 15.3 Å². The average Bonchev–Trinajstić information content (AvgIpc) is 2.18. The summed E-state index contributed by atoms with van der Waals surface area (Å²) in [7, 11) is 0. The van der Waals surface area contributed by atoms with Crippen LogP contribution >= 0.6 is 34.8 Å². The summed E-state index contributed by atoms with van der Waals surface area (Å²) < 4.78 is 19.0. The molecule has 1 atom stereocenters. The van der Waals surface area contributed by atoms with Crippen LogP contribution in [0.1, 0.15) is 0 Å². The van der Waals surface area contributed by atoms with E-state index in [0.29, 0.717) is 0 Å². The van der Waals surface area contributed by atoms with Crippen LogP contribution in [-0.4, -0.2) is 23.3 Å². The molecule has 62 valence electrons. The van der Waals surface area contributed by atoms with Crippen molar-refractivity contribution in [3.05, 3.63) is 0 Å². The molecule has 1 aliphatic rings.